The van der Waals surface area contributed by atoms with Crippen molar-refractivity contribution in [3.8, 4) is 0 Å². The van der Waals surface area contributed by atoms with Gasteiger partial charge < -0.3 is 4.74 Å². The topological polar surface area (TPSA) is 9.23 Å². The van der Waals surface area contributed by atoms with Crippen LogP contribution in [0.15, 0.2) is 0 Å². The standard InChI is InChI=1S/C14H27BrO/c1-3-13(4-2)11-16-14(12-15)9-7-5-6-8-10-14/h13H,3-12H2,1-2H3. The fourth-order valence-corrected chi connectivity index (χ4v) is 3.23. The molecule has 0 aliphatic heterocycles. The van der Waals surface area contributed by atoms with Crippen LogP contribution in [0.5, 0.6) is 0 Å². The number of halogens is 1. The highest BCUT2D eigenvalue weighted by Crippen LogP contribution is 2.33. The van der Waals surface area contributed by atoms with Crippen LogP contribution in [0.4, 0.5) is 0 Å². The minimum absolute atomic E-state index is 0.152. The lowest BCUT2D eigenvalue weighted by Gasteiger charge is -2.32. The average Bonchev–Trinajstić information content (AvgIpc) is 2.57. The fraction of sp³-hybridized carbons (Fsp3) is 1.00. The van der Waals surface area contributed by atoms with Crippen LogP contribution in [0.1, 0.15) is 65.2 Å². The Morgan fingerprint density at radius 2 is 1.62 bits per heavy atom. The van der Waals surface area contributed by atoms with E-state index in [1.54, 1.807) is 0 Å². The maximum Gasteiger partial charge on any atom is 0.0779 e. The first kappa shape index (κ1) is 14.5. The summed E-state index contributed by atoms with van der Waals surface area (Å²) in [7, 11) is 0. The molecule has 1 aliphatic rings. The number of ether oxygens (including phenoxy) is 1. The lowest BCUT2D eigenvalue weighted by molar-refractivity contribution is -0.0542. The third-order valence-electron chi connectivity index (χ3n) is 4.04. The average molecular weight is 291 g/mol. The second-order valence-electron chi connectivity index (χ2n) is 5.22. The summed E-state index contributed by atoms with van der Waals surface area (Å²) in [6.07, 6.45) is 10.5. The Hall–Kier alpha value is 0.440. The van der Waals surface area contributed by atoms with E-state index in [4.69, 9.17) is 4.74 Å². The summed E-state index contributed by atoms with van der Waals surface area (Å²) in [6, 6.07) is 0. The Morgan fingerprint density at radius 3 is 2.06 bits per heavy atom. The van der Waals surface area contributed by atoms with Crippen molar-refractivity contribution in [1.82, 2.24) is 0 Å². The predicted molar refractivity (Wildman–Crippen MR) is 74.3 cm³/mol. The molecule has 0 aromatic rings. The summed E-state index contributed by atoms with van der Waals surface area (Å²) in [6.45, 7) is 5.50. The third kappa shape index (κ3) is 4.37. The summed E-state index contributed by atoms with van der Waals surface area (Å²) in [5.74, 6) is 0.749. The molecule has 0 atom stereocenters. The Labute approximate surface area is 109 Å². The van der Waals surface area contributed by atoms with Crippen molar-refractivity contribution in [2.24, 2.45) is 5.92 Å². The van der Waals surface area contributed by atoms with E-state index >= 15 is 0 Å². The van der Waals surface area contributed by atoms with Crippen molar-refractivity contribution in [3.05, 3.63) is 0 Å². The molecule has 1 fully saturated rings. The zero-order valence-electron chi connectivity index (χ0n) is 10.9. The summed E-state index contributed by atoms with van der Waals surface area (Å²) in [4.78, 5) is 0. The van der Waals surface area contributed by atoms with Gasteiger partial charge in [-0.15, -0.1) is 0 Å². The molecule has 0 saturated heterocycles. The second kappa shape index (κ2) is 7.71. The molecule has 1 rings (SSSR count). The highest BCUT2D eigenvalue weighted by Gasteiger charge is 2.31. The minimum Gasteiger partial charge on any atom is -0.374 e. The summed E-state index contributed by atoms with van der Waals surface area (Å²) in [5.41, 5.74) is 0.152. The molecule has 0 unspecified atom stereocenters. The maximum absolute atomic E-state index is 6.30. The number of alkyl halides is 1. The van der Waals surface area contributed by atoms with Crippen molar-refractivity contribution < 1.29 is 4.74 Å². The van der Waals surface area contributed by atoms with E-state index in [-0.39, 0.29) is 5.60 Å². The molecule has 0 aromatic carbocycles. The molecule has 0 N–H and O–H groups in total. The quantitative estimate of drug-likeness (QED) is 0.498. The van der Waals surface area contributed by atoms with E-state index in [1.165, 1.54) is 51.4 Å². The van der Waals surface area contributed by atoms with Gasteiger partial charge in [-0.3, -0.25) is 0 Å². The van der Waals surface area contributed by atoms with Gasteiger partial charge in [-0.2, -0.15) is 0 Å². The van der Waals surface area contributed by atoms with E-state index in [9.17, 15) is 0 Å². The van der Waals surface area contributed by atoms with Crippen LogP contribution in [0.25, 0.3) is 0 Å². The van der Waals surface area contributed by atoms with Crippen molar-refractivity contribution in [3.63, 3.8) is 0 Å². The molecule has 1 nitrogen and oxygen atoms in total. The van der Waals surface area contributed by atoms with E-state index in [1.807, 2.05) is 0 Å². The predicted octanol–water partition coefficient (Wildman–Crippen LogP) is 4.93. The van der Waals surface area contributed by atoms with Gasteiger partial charge in [-0.25, -0.2) is 0 Å². The highest BCUT2D eigenvalue weighted by molar-refractivity contribution is 9.09. The molecule has 0 spiro atoms. The molecule has 0 radical (unpaired) electrons. The van der Waals surface area contributed by atoms with Gasteiger partial charge in [-0.1, -0.05) is 68.3 Å². The van der Waals surface area contributed by atoms with Gasteiger partial charge in [0.1, 0.15) is 0 Å². The molecule has 16 heavy (non-hydrogen) atoms. The lowest BCUT2D eigenvalue weighted by atomic mass is 9.96. The molecule has 0 amide bonds. The van der Waals surface area contributed by atoms with Gasteiger partial charge in [0, 0.05) is 5.33 Å². The van der Waals surface area contributed by atoms with Crippen molar-refractivity contribution in [2.45, 2.75) is 70.8 Å². The van der Waals surface area contributed by atoms with Crippen LogP contribution >= 0.6 is 15.9 Å². The Kier molecular flexibility index (Phi) is 6.98. The zero-order chi connectivity index (χ0) is 11.9. The maximum atomic E-state index is 6.30. The minimum atomic E-state index is 0.152. The van der Waals surface area contributed by atoms with E-state index in [0.29, 0.717) is 0 Å². The molecular formula is C14H27BrO. The molecule has 1 saturated carbocycles. The Bertz CT molecular complexity index is 170. The monoisotopic (exact) mass is 290 g/mol. The molecule has 0 heterocycles. The Morgan fingerprint density at radius 1 is 1.06 bits per heavy atom. The fourth-order valence-electron chi connectivity index (χ4n) is 2.51. The Balaban J connectivity index is 2.44. The molecule has 96 valence electrons. The van der Waals surface area contributed by atoms with Crippen LogP contribution in [0.2, 0.25) is 0 Å². The normalized spacial score (nSPS) is 21.0. The third-order valence-corrected chi connectivity index (χ3v) is 5.06. The van der Waals surface area contributed by atoms with Crippen LogP contribution < -0.4 is 0 Å². The van der Waals surface area contributed by atoms with Gasteiger partial charge in [0.05, 0.1) is 12.2 Å². The first-order chi connectivity index (χ1) is 7.76. The second-order valence-corrected chi connectivity index (χ2v) is 5.79. The zero-order valence-corrected chi connectivity index (χ0v) is 12.5. The summed E-state index contributed by atoms with van der Waals surface area (Å²) < 4.78 is 6.30. The van der Waals surface area contributed by atoms with Crippen LogP contribution in [-0.2, 0) is 4.74 Å². The highest BCUT2D eigenvalue weighted by atomic mass is 79.9. The van der Waals surface area contributed by atoms with Gasteiger partial charge in [0.15, 0.2) is 0 Å². The van der Waals surface area contributed by atoms with Gasteiger partial charge in [0.2, 0.25) is 0 Å². The molecule has 2 heteroatoms. The molecule has 0 bridgehead atoms. The summed E-state index contributed by atoms with van der Waals surface area (Å²) in [5, 5.41) is 1.01. The van der Waals surface area contributed by atoms with Gasteiger partial charge >= 0.3 is 0 Å². The first-order valence-electron chi connectivity index (χ1n) is 6.96. The number of hydrogen-bond acceptors (Lipinski definition) is 1. The van der Waals surface area contributed by atoms with Crippen LogP contribution in [0, 0.1) is 5.92 Å². The number of rotatable bonds is 6. The smallest absolute Gasteiger partial charge is 0.0779 e. The van der Waals surface area contributed by atoms with Gasteiger partial charge in [0.25, 0.3) is 0 Å². The van der Waals surface area contributed by atoms with Crippen molar-refractivity contribution >= 4 is 15.9 Å². The summed E-state index contributed by atoms with van der Waals surface area (Å²) >= 11 is 3.67. The molecule has 1 aliphatic carbocycles. The van der Waals surface area contributed by atoms with E-state index in [2.05, 4.69) is 29.8 Å². The molecule has 0 aromatic heterocycles. The van der Waals surface area contributed by atoms with E-state index in [0.717, 1.165) is 17.9 Å². The van der Waals surface area contributed by atoms with Crippen molar-refractivity contribution in [1.29, 1.82) is 0 Å². The van der Waals surface area contributed by atoms with Gasteiger partial charge in [-0.05, 0) is 18.8 Å². The van der Waals surface area contributed by atoms with Crippen LogP contribution in [0.3, 0.4) is 0 Å². The SMILES string of the molecule is CCC(CC)COC1(CBr)CCCCCC1. The number of hydrogen-bond donors (Lipinski definition) is 0. The van der Waals surface area contributed by atoms with Crippen molar-refractivity contribution in [2.75, 3.05) is 11.9 Å². The lowest BCUT2D eigenvalue weighted by Crippen LogP contribution is -2.35. The molecular weight excluding hydrogens is 264 g/mol. The van der Waals surface area contributed by atoms with E-state index < -0.39 is 0 Å². The first-order valence-corrected chi connectivity index (χ1v) is 8.08. The largest absolute Gasteiger partial charge is 0.374 e. The van der Waals surface area contributed by atoms with Crippen LogP contribution in [-0.4, -0.2) is 17.5 Å².